The zero-order chi connectivity index (χ0) is 10.7. The minimum atomic E-state index is -0.863. The van der Waals surface area contributed by atoms with E-state index in [1.807, 2.05) is 0 Å². The highest BCUT2D eigenvalue weighted by Crippen LogP contribution is 2.19. The number of methoxy groups -OCH3 is 1. The van der Waals surface area contributed by atoms with Gasteiger partial charge < -0.3 is 14.7 Å². The highest BCUT2D eigenvalue weighted by molar-refractivity contribution is 5.76. The maximum atomic E-state index is 11.1. The van der Waals surface area contributed by atoms with Crippen molar-refractivity contribution in [1.29, 1.82) is 0 Å². The Kier molecular flexibility index (Phi) is 3.46. The van der Waals surface area contributed by atoms with Gasteiger partial charge in [-0.15, -0.1) is 0 Å². The summed E-state index contributed by atoms with van der Waals surface area (Å²) in [7, 11) is 1.53. The van der Waals surface area contributed by atoms with Crippen LogP contribution in [0.3, 0.4) is 0 Å². The third kappa shape index (κ3) is 2.45. The molecule has 2 unspecified atom stereocenters. The van der Waals surface area contributed by atoms with Gasteiger partial charge in [-0.1, -0.05) is 0 Å². The predicted octanol–water partition coefficient (Wildman–Crippen LogP) is -0.0456. The van der Waals surface area contributed by atoms with Crippen molar-refractivity contribution in [1.82, 2.24) is 4.90 Å². The summed E-state index contributed by atoms with van der Waals surface area (Å²) in [6.07, 6.45) is 0.323. The quantitative estimate of drug-likeness (QED) is 0.680. The number of carboxylic acid groups (broad SMARTS) is 1. The van der Waals surface area contributed by atoms with E-state index in [4.69, 9.17) is 9.84 Å². The molecule has 80 valence electrons. The van der Waals surface area contributed by atoms with E-state index in [-0.39, 0.29) is 12.0 Å². The fourth-order valence-corrected chi connectivity index (χ4v) is 1.66. The molecule has 2 atom stereocenters. The number of hydrogen-bond donors (Lipinski definition) is 1. The summed E-state index contributed by atoms with van der Waals surface area (Å²) < 4.78 is 5.09. The molecule has 0 aromatic carbocycles. The van der Waals surface area contributed by atoms with Crippen LogP contribution in [0.5, 0.6) is 0 Å². The number of likely N-dealkylation sites (tertiary alicyclic amines) is 1. The number of rotatable bonds is 2. The molecule has 1 aliphatic heterocycles. The lowest BCUT2D eigenvalue weighted by Gasteiger charge is -2.34. The molecule has 5 heteroatoms. The molecule has 1 saturated heterocycles. The minimum Gasteiger partial charge on any atom is -0.481 e. The molecule has 0 radical (unpaired) electrons. The number of carboxylic acids is 1. The number of nitrogens with zero attached hydrogens (tertiary/aromatic N) is 1. The lowest BCUT2D eigenvalue weighted by molar-refractivity contribution is -0.148. The second-order valence-electron chi connectivity index (χ2n) is 3.55. The Morgan fingerprint density at radius 2 is 2.07 bits per heavy atom. The van der Waals surface area contributed by atoms with E-state index in [0.29, 0.717) is 19.5 Å². The Morgan fingerprint density at radius 3 is 2.50 bits per heavy atom. The maximum Gasteiger partial charge on any atom is 0.308 e. The molecule has 1 N–H and O–H groups in total. The van der Waals surface area contributed by atoms with Crippen molar-refractivity contribution in [3.05, 3.63) is 0 Å². The van der Waals surface area contributed by atoms with Crippen LogP contribution in [-0.4, -0.2) is 48.2 Å². The van der Waals surface area contributed by atoms with Crippen LogP contribution < -0.4 is 0 Å². The van der Waals surface area contributed by atoms with Crippen LogP contribution in [-0.2, 0) is 14.3 Å². The summed E-state index contributed by atoms with van der Waals surface area (Å²) in [6.45, 7) is 2.23. The molecule has 1 rings (SSSR count). The number of ether oxygens (including phenoxy) is 1. The second-order valence-corrected chi connectivity index (χ2v) is 3.55. The number of aliphatic carboxylic acids is 1. The normalized spacial score (nSPS) is 27.4. The second kappa shape index (κ2) is 4.41. The molecule has 0 aliphatic carbocycles. The van der Waals surface area contributed by atoms with Crippen LogP contribution in [0.25, 0.3) is 0 Å². The van der Waals surface area contributed by atoms with E-state index in [2.05, 4.69) is 0 Å². The summed E-state index contributed by atoms with van der Waals surface area (Å²) in [5, 5.41) is 8.86. The van der Waals surface area contributed by atoms with Crippen LogP contribution >= 0.6 is 0 Å². The highest BCUT2D eigenvalue weighted by Gasteiger charge is 2.32. The van der Waals surface area contributed by atoms with Gasteiger partial charge in [-0.25, -0.2) is 0 Å². The predicted molar refractivity (Wildman–Crippen MR) is 48.8 cm³/mol. The van der Waals surface area contributed by atoms with Gasteiger partial charge in [0.25, 0.3) is 0 Å². The molecular formula is C9H15NO4. The van der Waals surface area contributed by atoms with Crippen molar-refractivity contribution in [3.63, 3.8) is 0 Å². The van der Waals surface area contributed by atoms with Gasteiger partial charge in [0.2, 0.25) is 5.91 Å². The fraction of sp³-hybridized carbons (Fsp3) is 0.778. The summed E-state index contributed by atoms with van der Waals surface area (Å²) in [5.41, 5.74) is 0. The van der Waals surface area contributed by atoms with E-state index in [0.717, 1.165) is 0 Å². The Bertz CT molecular complexity index is 219. The fourth-order valence-electron chi connectivity index (χ4n) is 1.66. The van der Waals surface area contributed by atoms with Crippen LogP contribution in [0.4, 0.5) is 0 Å². The molecule has 0 aromatic heterocycles. The SMILES string of the molecule is COC1CC(C(=O)O)CN(C(C)=O)C1. The molecule has 1 heterocycles. The monoisotopic (exact) mass is 201 g/mol. The molecule has 1 aliphatic rings. The van der Waals surface area contributed by atoms with Gasteiger partial charge in [0, 0.05) is 27.1 Å². The molecule has 5 nitrogen and oxygen atoms in total. The number of amides is 1. The van der Waals surface area contributed by atoms with E-state index >= 15 is 0 Å². The van der Waals surface area contributed by atoms with Crippen molar-refractivity contribution in [2.45, 2.75) is 19.4 Å². The molecule has 0 bridgehead atoms. The van der Waals surface area contributed by atoms with E-state index in [1.165, 1.54) is 18.9 Å². The lowest BCUT2D eigenvalue weighted by Crippen LogP contribution is -2.48. The van der Waals surface area contributed by atoms with E-state index in [9.17, 15) is 9.59 Å². The number of carbonyl (C=O) groups is 2. The molecule has 14 heavy (non-hydrogen) atoms. The van der Waals surface area contributed by atoms with Crippen molar-refractivity contribution in [3.8, 4) is 0 Å². The summed E-state index contributed by atoms with van der Waals surface area (Å²) in [5.74, 6) is -1.46. The van der Waals surface area contributed by atoms with Gasteiger partial charge in [-0.3, -0.25) is 9.59 Å². The summed E-state index contributed by atoms with van der Waals surface area (Å²) >= 11 is 0. The Balaban J connectivity index is 2.66. The van der Waals surface area contributed by atoms with Crippen LogP contribution in [0.2, 0.25) is 0 Å². The van der Waals surface area contributed by atoms with Gasteiger partial charge in [-0.05, 0) is 6.42 Å². The molecule has 0 aromatic rings. The largest absolute Gasteiger partial charge is 0.481 e. The first-order chi connectivity index (χ1) is 6.54. The Morgan fingerprint density at radius 1 is 1.43 bits per heavy atom. The smallest absolute Gasteiger partial charge is 0.308 e. The zero-order valence-electron chi connectivity index (χ0n) is 8.40. The average Bonchev–Trinajstić information content (AvgIpc) is 2.16. The van der Waals surface area contributed by atoms with Crippen molar-refractivity contribution >= 4 is 11.9 Å². The summed E-state index contributed by atoms with van der Waals surface area (Å²) in [6, 6.07) is 0. The van der Waals surface area contributed by atoms with Crippen LogP contribution in [0, 0.1) is 5.92 Å². The molecular weight excluding hydrogens is 186 g/mol. The first-order valence-corrected chi connectivity index (χ1v) is 4.55. The van der Waals surface area contributed by atoms with Gasteiger partial charge in [0.15, 0.2) is 0 Å². The molecule has 0 saturated carbocycles. The standard InChI is InChI=1S/C9H15NO4/c1-6(11)10-4-7(9(12)13)3-8(5-10)14-2/h7-8H,3-5H2,1-2H3,(H,12,13). The summed E-state index contributed by atoms with van der Waals surface area (Å²) in [4.78, 5) is 23.4. The van der Waals surface area contributed by atoms with Crippen LogP contribution in [0.15, 0.2) is 0 Å². The van der Waals surface area contributed by atoms with Gasteiger partial charge in [-0.2, -0.15) is 0 Å². The number of piperidine rings is 1. The van der Waals surface area contributed by atoms with Crippen molar-refractivity contribution < 1.29 is 19.4 Å². The van der Waals surface area contributed by atoms with Crippen molar-refractivity contribution in [2.75, 3.05) is 20.2 Å². The molecule has 0 spiro atoms. The van der Waals surface area contributed by atoms with E-state index in [1.54, 1.807) is 0 Å². The number of hydrogen-bond acceptors (Lipinski definition) is 3. The maximum absolute atomic E-state index is 11.1. The van der Waals surface area contributed by atoms with E-state index < -0.39 is 11.9 Å². The number of carbonyl (C=O) groups excluding carboxylic acids is 1. The topological polar surface area (TPSA) is 66.8 Å². The Labute approximate surface area is 82.6 Å². The third-order valence-corrected chi connectivity index (χ3v) is 2.54. The molecule has 1 fully saturated rings. The van der Waals surface area contributed by atoms with Crippen molar-refractivity contribution in [2.24, 2.45) is 5.92 Å². The highest BCUT2D eigenvalue weighted by atomic mass is 16.5. The zero-order valence-corrected chi connectivity index (χ0v) is 8.40. The van der Waals surface area contributed by atoms with Gasteiger partial charge in [0.05, 0.1) is 12.0 Å². The third-order valence-electron chi connectivity index (χ3n) is 2.54. The van der Waals surface area contributed by atoms with Gasteiger partial charge >= 0.3 is 5.97 Å². The minimum absolute atomic E-state index is 0.0991. The van der Waals surface area contributed by atoms with Gasteiger partial charge in [0.1, 0.15) is 0 Å². The lowest BCUT2D eigenvalue weighted by atomic mass is 9.96. The molecule has 1 amide bonds. The Hall–Kier alpha value is -1.10. The first kappa shape index (κ1) is 11.0. The van der Waals surface area contributed by atoms with Crippen LogP contribution in [0.1, 0.15) is 13.3 Å². The first-order valence-electron chi connectivity index (χ1n) is 4.55. The average molecular weight is 201 g/mol.